The summed E-state index contributed by atoms with van der Waals surface area (Å²) in [5, 5.41) is 2.68. The number of hydrogen-bond acceptors (Lipinski definition) is 4. The number of alkyl halides is 3. The van der Waals surface area contributed by atoms with Gasteiger partial charge >= 0.3 is 6.18 Å². The zero-order valence-corrected chi connectivity index (χ0v) is 15.3. The predicted molar refractivity (Wildman–Crippen MR) is 93.5 cm³/mol. The molecule has 1 aromatic carbocycles. The Labute approximate surface area is 156 Å². The zero-order valence-electron chi connectivity index (χ0n) is 13.7. The summed E-state index contributed by atoms with van der Waals surface area (Å²) < 4.78 is 44.8. The van der Waals surface area contributed by atoms with E-state index in [4.69, 9.17) is 4.74 Å². The molecule has 2 aromatic rings. The van der Waals surface area contributed by atoms with Crippen molar-refractivity contribution in [2.45, 2.75) is 19.2 Å². The molecule has 0 saturated carbocycles. The molecule has 1 unspecified atom stereocenters. The first-order valence-corrected chi connectivity index (χ1v) is 8.56. The number of benzene rings is 1. The monoisotopic (exact) mass is 429 g/mol. The molecular formula is C17H15BrF3N3O2. The van der Waals surface area contributed by atoms with Crippen LogP contribution in [0.15, 0.2) is 41.0 Å². The normalized spacial score (nSPS) is 16.7. The van der Waals surface area contributed by atoms with Crippen molar-refractivity contribution in [2.75, 3.05) is 18.0 Å². The summed E-state index contributed by atoms with van der Waals surface area (Å²) in [6, 6.07) is 8.41. The molecule has 1 aliphatic heterocycles. The standard InChI is InChI=1S/C17H15BrF3N3O2/c1-10(25)22-8-13-9-24(14-6-7-15(18)23-16(14)26-13)12-4-2-11(3-5-12)17(19,20)21/h2-7,13H,8-9H2,1H3,(H,22,25). The number of nitrogens with zero attached hydrogens (tertiary/aromatic N) is 2. The number of amides is 1. The Morgan fingerprint density at radius 2 is 2.00 bits per heavy atom. The maximum absolute atomic E-state index is 12.8. The largest absolute Gasteiger partial charge is 0.469 e. The van der Waals surface area contributed by atoms with Crippen LogP contribution in [-0.4, -0.2) is 30.1 Å². The highest BCUT2D eigenvalue weighted by atomic mass is 79.9. The van der Waals surface area contributed by atoms with E-state index in [1.807, 2.05) is 4.90 Å². The fourth-order valence-corrected chi connectivity index (χ4v) is 2.93. The van der Waals surface area contributed by atoms with Crippen LogP contribution in [0.1, 0.15) is 12.5 Å². The lowest BCUT2D eigenvalue weighted by molar-refractivity contribution is -0.137. The maximum Gasteiger partial charge on any atom is 0.416 e. The first kappa shape index (κ1) is 18.5. The van der Waals surface area contributed by atoms with E-state index in [2.05, 4.69) is 26.2 Å². The lowest BCUT2D eigenvalue weighted by atomic mass is 10.1. The van der Waals surface area contributed by atoms with Gasteiger partial charge in [-0.2, -0.15) is 13.2 Å². The quantitative estimate of drug-likeness (QED) is 0.751. The summed E-state index contributed by atoms with van der Waals surface area (Å²) in [5.41, 5.74) is 0.519. The van der Waals surface area contributed by atoms with Gasteiger partial charge < -0.3 is 15.0 Å². The van der Waals surface area contributed by atoms with E-state index in [1.165, 1.54) is 19.1 Å². The predicted octanol–water partition coefficient (Wildman–Crippen LogP) is 3.90. The fraction of sp³-hybridized carbons (Fsp3) is 0.294. The third kappa shape index (κ3) is 4.09. The van der Waals surface area contributed by atoms with Crippen molar-refractivity contribution in [3.05, 3.63) is 46.6 Å². The summed E-state index contributed by atoms with van der Waals surface area (Å²) in [4.78, 5) is 17.3. The van der Waals surface area contributed by atoms with Crippen molar-refractivity contribution < 1.29 is 22.7 Å². The molecule has 1 aromatic heterocycles. The fourth-order valence-electron chi connectivity index (χ4n) is 2.64. The molecule has 9 heteroatoms. The highest BCUT2D eigenvalue weighted by Gasteiger charge is 2.32. The van der Waals surface area contributed by atoms with Crippen LogP contribution in [0.4, 0.5) is 24.5 Å². The van der Waals surface area contributed by atoms with Gasteiger partial charge in [-0.15, -0.1) is 0 Å². The molecule has 2 heterocycles. The van der Waals surface area contributed by atoms with E-state index < -0.39 is 17.8 Å². The molecule has 0 bridgehead atoms. The molecule has 0 radical (unpaired) electrons. The Kier molecular flexibility index (Phi) is 5.08. The number of fused-ring (bicyclic) bond motifs is 1. The average Bonchev–Trinajstić information content (AvgIpc) is 2.58. The summed E-state index contributed by atoms with van der Waals surface area (Å²) >= 11 is 3.28. The summed E-state index contributed by atoms with van der Waals surface area (Å²) in [6.45, 7) is 2.03. The third-order valence-corrected chi connectivity index (χ3v) is 4.29. The van der Waals surface area contributed by atoms with Gasteiger partial charge in [-0.25, -0.2) is 4.98 Å². The lowest BCUT2D eigenvalue weighted by Gasteiger charge is -2.35. The number of rotatable bonds is 3. The van der Waals surface area contributed by atoms with E-state index in [1.54, 1.807) is 12.1 Å². The van der Waals surface area contributed by atoms with Gasteiger partial charge in [0.25, 0.3) is 0 Å². The molecule has 0 spiro atoms. The number of carbonyl (C=O) groups excluding carboxylic acids is 1. The minimum absolute atomic E-state index is 0.192. The average molecular weight is 430 g/mol. The number of halogens is 4. The van der Waals surface area contributed by atoms with Crippen LogP contribution in [0, 0.1) is 0 Å². The van der Waals surface area contributed by atoms with Gasteiger partial charge in [-0.1, -0.05) is 0 Å². The number of nitrogens with one attached hydrogen (secondary N) is 1. The molecule has 26 heavy (non-hydrogen) atoms. The van der Waals surface area contributed by atoms with Crippen LogP contribution in [0.5, 0.6) is 5.88 Å². The topological polar surface area (TPSA) is 54.5 Å². The summed E-state index contributed by atoms with van der Waals surface area (Å²) in [7, 11) is 0. The van der Waals surface area contributed by atoms with Gasteiger partial charge in [-0.05, 0) is 52.3 Å². The van der Waals surface area contributed by atoms with Gasteiger partial charge in [0.05, 0.1) is 18.7 Å². The van der Waals surface area contributed by atoms with E-state index in [0.29, 0.717) is 28.4 Å². The third-order valence-electron chi connectivity index (χ3n) is 3.85. The number of aromatic nitrogens is 1. The van der Waals surface area contributed by atoms with Crippen molar-refractivity contribution in [3.63, 3.8) is 0 Å². The smallest absolute Gasteiger partial charge is 0.416 e. The Morgan fingerprint density at radius 1 is 1.31 bits per heavy atom. The molecule has 3 rings (SSSR count). The van der Waals surface area contributed by atoms with Crippen LogP contribution in [0.3, 0.4) is 0 Å². The van der Waals surface area contributed by atoms with Gasteiger partial charge in [0.2, 0.25) is 11.8 Å². The lowest BCUT2D eigenvalue weighted by Crippen LogP contribution is -2.44. The Balaban J connectivity index is 1.92. The molecule has 0 aliphatic carbocycles. The van der Waals surface area contributed by atoms with Crippen molar-refractivity contribution in [1.82, 2.24) is 10.3 Å². The van der Waals surface area contributed by atoms with Crippen molar-refractivity contribution >= 4 is 33.2 Å². The van der Waals surface area contributed by atoms with Gasteiger partial charge in [0, 0.05) is 12.6 Å². The first-order valence-electron chi connectivity index (χ1n) is 7.76. The molecule has 0 fully saturated rings. The molecule has 1 amide bonds. The minimum atomic E-state index is -4.39. The second-order valence-corrected chi connectivity index (χ2v) is 6.60. The summed E-state index contributed by atoms with van der Waals surface area (Å²) in [5.74, 6) is 0.156. The molecule has 1 N–H and O–H groups in total. The Hall–Kier alpha value is -2.29. The van der Waals surface area contributed by atoms with E-state index >= 15 is 0 Å². The first-order chi connectivity index (χ1) is 12.2. The van der Waals surface area contributed by atoms with Gasteiger partial charge in [-0.3, -0.25) is 4.79 Å². The van der Waals surface area contributed by atoms with Gasteiger partial charge in [0.1, 0.15) is 16.4 Å². The van der Waals surface area contributed by atoms with Crippen LogP contribution in [-0.2, 0) is 11.0 Å². The second kappa shape index (κ2) is 7.14. The number of anilines is 2. The van der Waals surface area contributed by atoms with Gasteiger partial charge in [0.15, 0.2) is 0 Å². The van der Waals surface area contributed by atoms with Crippen molar-refractivity contribution in [3.8, 4) is 5.88 Å². The van der Waals surface area contributed by atoms with Crippen molar-refractivity contribution in [1.29, 1.82) is 0 Å². The van der Waals surface area contributed by atoms with E-state index in [-0.39, 0.29) is 12.5 Å². The minimum Gasteiger partial charge on any atom is -0.469 e. The van der Waals surface area contributed by atoms with Crippen LogP contribution < -0.4 is 15.0 Å². The highest BCUT2D eigenvalue weighted by molar-refractivity contribution is 9.10. The molecular weight excluding hydrogens is 415 g/mol. The van der Waals surface area contributed by atoms with Crippen LogP contribution >= 0.6 is 15.9 Å². The Morgan fingerprint density at radius 3 is 2.62 bits per heavy atom. The molecule has 5 nitrogen and oxygen atoms in total. The number of pyridine rings is 1. The van der Waals surface area contributed by atoms with Crippen molar-refractivity contribution in [2.24, 2.45) is 0 Å². The van der Waals surface area contributed by atoms with E-state index in [9.17, 15) is 18.0 Å². The zero-order chi connectivity index (χ0) is 18.9. The molecule has 138 valence electrons. The van der Waals surface area contributed by atoms with E-state index in [0.717, 1.165) is 12.1 Å². The second-order valence-electron chi connectivity index (χ2n) is 5.79. The van der Waals surface area contributed by atoms with Crippen LogP contribution in [0.2, 0.25) is 0 Å². The highest BCUT2D eigenvalue weighted by Crippen LogP contribution is 2.38. The maximum atomic E-state index is 12.8. The number of hydrogen-bond donors (Lipinski definition) is 1. The summed E-state index contributed by atoms with van der Waals surface area (Å²) in [6.07, 6.45) is -4.78. The molecule has 0 saturated heterocycles. The number of carbonyl (C=O) groups is 1. The SMILES string of the molecule is CC(=O)NCC1CN(c2ccc(C(F)(F)F)cc2)c2ccc(Br)nc2O1. The number of ether oxygens (including phenoxy) is 1. The molecule has 1 atom stereocenters. The van der Waals surface area contributed by atoms with Crippen LogP contribution in [0.25, 0.3) is 0 Å². The Bertz CT molecular complexity index is 812. The molecule has 1 aliphatic rings.